The summed E-state index contributed by atoms with van der Waals surface area (Å²) in [5, 5.41) is 7.12. The zero-order chi connectivity index (χ0) is 20.0. The van der Waals surface area contributed by atoms with Crippen molar-refractivity contribution < 1.29 is 32.5 Å². The van der Waals surface area contributed by atoms with Crippen molar-refractivity contribution >= 4 is 17.3 Å². The lowest BCUT2D eigenvalue weighted by Gasteiger charge is -2.38. The molecule has 27 heavy (non-hydrogen) atoms. The average molecular weight is 407 g/mol. The highest BCUT2D eigenvalue weighted by Gasteiger charge is 2.43. The Morgan fingerprint density at radius 2 is 2.19 bits per heavy atom. The predicted molar refractivity (Wildman–Crippen MR) is 95.9 cm³/mol. The third-order valence-corrected chi connectivity index (χ3v) is 5.46. The second kappa shape index (κ2) is 9.68. The van der Waals surface area contributed by atoms with Crippen LogP contribution in [0.25, 0.3) is 0 Å². The van der Waals surface area contributed by atoms with Crippen LogP contribution in [-0.4, -0.2) is 60.2 Å². The van der Waals surface area contributed by atoms with Crippen molar-refractivity contribution in [2.24, 2.45) is 0 Å². The highest BCUT2D eigenvalue weighted by molar-refractivity contribution is 7.11. The number of rotatable bonds is 5. The molecule has 1 aromatic heterocycles. The molecule has 0 unspecified atom stereocenters. The number of aliphatic carboxylic acids is 1. The summed E-state index contributed by atoms with van der Waals surface area (Å²) >= 11 is 1.90. The van der Waals surface area contributed by atoms with Gasteiger partial charge in [-0.05, 0) is 31.9 Å². The average Bonchev–Trinajstić information content (AvgIpc) is 3.19. The quantitative estimate of drug-likeness (QED) is 0.756. The summed E-state index contributed by atoms with van der Waals surface area (Å²) < 4.78 is 43.6. The van der Waals surface area contributed by atoms with Gasteiger partial charge in [0.1, 0.15) is 0 Å². The molecule has 1 aliphatic carbocycles. The number of carbonyl (C=O) groups is 1. The minimum Gasteiger partial charge on any atom is -0.475 e. The fourth-order valence-electron chi connectivity index (χ4n) is 3.33. The summed E-state index contributed by atoms with van der Waals surface area (Å²) in [5.41, 5.74) is 0. The maximum Gasteiger partial charge on any atom is 0.490 e. The summed E-state index contributed by atoms with van der Waals surface area (Å²) in [6.45, 7) is 9.43. The normalized spacial score (nSPS) is 25.4. The number of morpholine rings is 1. The predicted octanol–water partition coefficient (Wildman–Crippen LogP) is 3.62. The molecule has 2 heterocycles. The Balaban J connectivity index is 0.000000321. The van der Waals surface area contributed by atoms with Crippen LogP contribution in [0.5, 0.6) is 0 Å². The minimum atomic E-state index is -5.08. The van der Waals surface area contributed by atoms with Crippen LogP contribution in [0.1, 0.15) is 22.6 Å². The molecule has 1 aromatic rings. The van der Waals surface area contributed by atoms with Crippen molar-refractivity contribution in [3.63, 3.8) is 0 Å². The molecule has 3 atom stereocenters. The van der Waals surface area contributed by atoms with E-state index in [4.69, 9.17) is 19.4 Å². The van der Waals surface area contributed by atoms with E-state index in [1.807, 2.05) is 17.4 Å². The summed E-state index contributed by atoms with van der Waals surface area (Å²) in [5.74, 6) is -2.76. The fraction of sp³-hybridized carbons (Fsp3) is 0.611. The van der Waals surface area contributed by atoms with Crippen LogP contribution < -0.4 is 0 Å². The number of alkyl halides is 3. The molecule has 1 aliphatic heterocycles. The maximum absolute atomic E-state index is 10.6. The molecule has 0 spiro atoms. The second-order valence-electron chi connectivity index (χ2n) is 6.43. The van der Waals surface area contributed by atoms with Gasteiger partial charge in [-0.3, -0.25) is 4.90 Å². The van der Waals surface area contributed by atoms with Gasteiger partial charge in [0, 0.05) is 28.9 Å². The van der Waals surface area contributed by atoms with Crippen LogP contribution in [0.3, 0.4) is 0 Å². The van der Waals surface area contributed by atoms with Gasteiger partial charge in [0.05, 0.1) is 25.4 Å². The first kappa shape index (κ1) is 21.9. The van der Waals surface area contributed by atoms with E-state index in [0.29, 0.717) is 12.6 Å². The van der Waals surface area contributed by atoms with E-state index in [1.54, 1.807) is 0 Å². The summed E-state index contributed by atoms with van der Waals surface area (Å²) in [6.07, 6.45) is -0.502. The van der Waals surface area contributed by atoms with Gasteiger partial charge in [-0.1, -0.05) is 6.08 Å². The van der Waals surface area contributed by atoms with Gasteiger partial charge in [0.25, 0.3) is 0 Å². The molecule has 9 heteroatoms. The van der Waals surface area contributed by atoms with Crippen molar-refractivity contribution in [1.82, 2.24) is 4.90 Å². The molecule has 0 aromatic carbocycles. The van der Waals surface area contributed by atoms with Gasteiger partial charge in [0.15, 0.2) is 0 Å². The molecule has 1 N–H and O–H groups in total. The number of ether oxygens (including phenoxy) is 2. The molecule has 1 saturated carbocycles. The number of thiophene rings is 1. The Bertz CT molecular complexity index is 634. The highest BCUT2D eigenvalue weighted by Crippen LogP contribution is 2.33. The van der Waals surface area contributed by atoms with E-state index in [1.165, 1.54) is 16.2 Å². The van der Waals surface area contributed by atoms with Gasteiger partial charge in [-0.25, -0.2) is 4.79 Å². The number of halogens is 3. The first-order chi connectivity index (χ1) is 12.7. The van der Waals surface area contributed by atoms with Crippen LogP contribution in [0.2, 0.25) is 0 Å². The van der Waals surface area contributed by atoms with Gasteiger partial charge >= 0.3 is 12.1 Å². The second-order valence-corrected chi connectivity index (χ2v) is 7.80. The Morgan fingerprint density at radius 3 is 2.74 bits per heavy atom. The third kappa shape index (κ3) is 6.31. The Morgan fingerprint density at radius 1 is 1.48 bits per heavy atom. The Labute approximate surface area is 160 Å². The molecule has 0 radical (unpaired) electrons. The minimum absolute atomic E-state index is 0.241. The SMILES string of the molecule is C=CCO[C@H]1CC[C@H]2[C@H]1OCCN2Cc1ccc(C)s1.O=C(O)C(F)(F)F. The van der Waals surface area contributed by atoms with Crippen molar-refractivity contribution in [3.05, 3.63) is 34.5 Å². The van der Waals surface area contributed by atoms with E-state index >= 15 is 0 Å². The van der Waals surface area contributed by atoms with Crippen molar-refractivity contribution in [3.8, 4) is 0 Å². The van der Waals surface area contributed by atoms with Crippen molar-refractivity contribution in [2.45, 2.75) is 50.7 Å². The highest BCUT2D eigenvalue weighted by atomic mass is 32.1. The Hall–Kier alpha value is -1.42. The molecule has 5 nitrogen and oxygen atoms in total. The van der Waals surface area contributed by atoms with E-state index in [9.17, 15) is 13.2 Å². The standard InChI is InChI=1S/C16H23NO2S.C2HF3O2/c1-3-9-18-15-7-6-14-16(15)19-10-8-17(14)11-13-5-4-12(2)20-13;3-2(4,5)1(6)7/h3-5,14-16H,1,6-11H2,2H3;(H,6,7)/t14-,15-,16+;/m0./s1. The van der Waals surface area contributed by atoms with E-state index in [-0.39, 0.29) is 12.2 Å². The first-order valence-corrected chi connectivity index (χ1v) is 9.47. The lowest BCUT2D eigenvalue weighted by molar-refractivity contribution is -0.192. The fourth-order valence-corrected chi connectivity index (χ4v) is 4.24. The summed E-state index contributed by atoms with van der Waals surface area (Å²) in [7, 11) is 0. The monoisotopic (exact) mass is 407 g/mol. The Kier molecular flexibility index (Phi) is 7.84. The molecular weight excluding hydrogens is 383 g/mol. The van der Waals surface area contributed by atoms with E-state index in [2.05, 4.69) is 30.5 Å². The van der Waals surface area contributed by atoms with Crippen LogP contribution in [-0.2, 0) is 20.8 Å². The number of nitrogens with zero attached hydrogens (tertiary/aromatic N) is 1. The summed E-state index contributed by atoms with van der Waals surface area (Å²) in [6, 6.07) is 4.98. The summed E-state index contributed by atoms with van der Waals surface area (Å²) in [4.78, 5) is 14.3. The van der Waals surface area contributed by atoms with Crippen molar-refractivity contribution in [1.29, 1.82) is 0 Å². The molecule has 1 saturated heterocycles. The van der Waals surface area contributed by atoms with Crippen LogP contribution in [0.15, 0.2) is 24.8 Å². The zero-order valence-corrected chi connectivity index (χ0v) is 15.9. The third-order valence-electron chi connectivity index (χ3n) is 4.48. The number of aryl methyl sites for hydroxylation is 1. The number of hydrogen-bond acceptors (Lipinski definition) is 5. The molecular formula is C18H24F3NO4S. The van der Waals surface area contributed by atoms with Gasteiger partial charge in [0.2, 0.25) is 0 Å². The van der Waals surface area contributed by atoms with Crippen LogP contribution >= 0.6 is 11.3 Å². The van der Waals surface area contributed by atoms with Crippen LogP contribution in [0, 0.1) is 6.92 Å². The molecule has 3 rings (SSSR count). The number of hydrogen-bond donors (Lipinski definition) is 1. The number of carboxylic acid groups (broad SMARTS) is 1. The molecule has 2 fully saturated rings. The number of fused-ring (bicyclic) bond motifs is 1. The van der Waals surface area contributed by atoms with Crippen molar-refractivity contribution in [2.75, 3.05) is 19.8 Å². The van der Waals surface area contributed by atoms with Gasteiger partial charge in [-0.2, -0.15) is 13.2 Å². The zero-order valence-electron chi connectivity index (χ0n) is 15.1. The first-order valence-electron chi connectivity index (χ1n) is 8.66. The van der Waals surface area contributed by atoms with E-state index in [0.717, 1.165) is 26.1 Å². The molecule has 152 valence electrons. The lowest BCUT2D eigenvalue weighted by atomic mass is 10.1. The van der Waals surface area contributed by atoms with Gasteiger partial charge < -0.3 is 14.6 Å². The number of carboxylic acids is 1. The van der Waals surface area contributed by atoms with Gasteiger partial charge in [-0.15, -0.1) is 17.9 Å². The van der Waals surface area contributed by atoms with E-state index < -0.39 is 12.1 Å². The molecule has 2 aliphatic rings. The lowest BCUT2D eigenvalue weighted by Crippen LogP contribution is -2.51. The molecule has 0 amide bonds. The molecule has 0 bridgehead atoms. The smallest absolute Gasteiger partial charge is 0.475 e. The topological polar surface area (TPSA) is 59.0 Å². The largest absolute Gasteiger partial charge is 0.490 e. The maximum atomic E-state index is 10.6. The van der Waals surface area contributed by atoms with Crippen LogP contribution in [0.4, 0.5) is 13.2 Å².